The van der Waals surface area contributed by atoms with Gasteiger partial charge in [-0.3, -0.25) is 0 Å². The van der Waals surface area contributed by atoms with Crippen molar-refractivity contribution < 1.29 is 52.3 Å². The van der Waals surface area contributed by atoms with Gasteiger partial charge in [-0.05, 0) is 0 Å². The molecule has 0 rings (SSSR count). The van der Waals surface area contributed by atoms with E-state index in [0.717, 1.165) is 0 Å². The molecule has 0 bridgehead atoms. The van der Waals surface area contributed by atoms with Gasteiger partial charge in [-0.25, -0.2) is 0 Å². The summed E-state index contributed by atoms with van der Waals surface area (Å²) in [6.07, 6.45) is 0. The zero-order valence-electron chi connectivity index (χ0n) is 2.88. The largest absolute Gasteiger partial charge is 1.00 e. The Bertz CT molecular complexity index is 6.85. The molecule has 0 aromatic carbocycles. The van der Waals surface area contributed by atoms with Crippen molar-refractivity contribution in [1.82, 2.24) is 0 Å². The van der Waals surface area contributed by atoms with Crippen LogP contribution in [0.4, 0.5) is 0 Å². The van der Waals surface area contributed by atoms with E-state index in [9.17, 15) is 0 Å². The molecule has 0 aliphatic rings. The molecule has 0 aromatic rings. The molecule has 0 heterocycles. The summed E-state index contributed by atoms with van der Waals surface area (Å²) in [7, 11) is 0. The minimum atomic E-state index is 0. The second kappa shape index (κ2) is 84.7. The van der Waals surface area contributed by atoms with E-state index in [4.69, 9.17) is 0 Å². The third-order valence-electron chi connectivity index (χ3n) is 0. The van der Waals surface area contributed by atoms with Crippen LogP contribution in [-0.2, 0) is 0 Å². The maximum Gasteiger partial charge on any atom is 1.00 e. The molecular weight excluding hydrogens is 135 g/mol. The second-order valence-corrected chi connectivity index (χ2v) is 0. The first-order valence-corrected chi connectivity index (χ1v) is 0. The van der Waals surface area contributed by atoms with E-state index in [0.29, 0.717) is 0 Å². The van der Waals surface area contributed by atoms with Crippen molar-refractivity contribution in [3.63, 3.8) is 0 Å². The maximum absolute atomic E-state index is 0. The van der Waals surface area contributed by atoms with Gasteiger partial charge in [0.15, 0.2) is 0 Å². The van der Waals surface area contributed by atoms with Crippen LogP contribution in [0.5, 0.6) is 0 Å². The Hall–Kier alpha value is 0.957. The van der Waals surface area contributed by atoms with Gasteiger partial charge in [0, 0.05) is 0 Å². The summed E-state index contributed by atoms with van der Waals surface area (Å²) in [4.78, 5) is 0. The van der Waals surface area contributed by atoms with Gasteiger partial charge in [0.05, 0.1) is 0 Å². The van der Waals surface area contributed by atoms with Gasteiger partial charge in [-0.2, -0.15) is 0 Å². The van der Waals surface area contributed by atoms with Crippen LogP contribution in [0.3, 0.4) is 0 Å². The third-order valence-corrected chi connectivity index (χ3v) is 0. The smallest absolute Gasteiger partial charge is 1.00 e. The first-order chi connectivity index (χ1) is 0. The Morgan fingerprint density at radius 2 is 0.600 bits per heavy atom. The minimum absolute atomic E-state index is 0. The van der Waals surface area contributed by atoms with E-state index in [-0.39, 0.29) is 52.3 Å². The fourth-order valence-electron chi connectivity index (χ4n) is 0. The molecule has 0 aliphatic heterocycles. The predicted molar refractivity (Wildman–Crippen MR) is 10.8 cm³/mol. The fraction of sp³-hybridized carbons (Fsp3) is 0. The van der Waals surface area contributed by atoms with Crippen LogP contribution in [0.2, 0.25) is 0 Å². The van der Waals surface area contributed by atoms with E-state index in [1.54, 1.807) is 0 Å². The molecule has 0 unspecified atom stereocenters. The minimum Gasteiger partial charge on any atom is -1.00 e. The quantitative estimate of drug-likeness (QED) is 0.299. The summed E-state index contributed by atoms with van der Waals surface area (Å²) in [5.41, 5.74) is 0. The molecule has 0 aromatic heterocycles. The molecule has 0 saturated carbocycles. The zero-order chi connectivity index (χ0) is 0. The molecule has 32 valence electrons. The molecule has 3 nitrogen and oxygen atoms in total. The maximum atomic E-state index is 0. The first-order valence-electron chi connectivity index (χ1n) is 0. The summed E-state index contributed by atoms with van der Waals surface area (Å²) in [6.45, 7) is 0. The molecule has 0 radical (unpaired) electrons. The van der Waals surface area contributed by atoms with Crippen molar-refractivity contribution in [1.29, 1.82) is 0 Å². The molecular formula is H6BrLiO3. The van der Waals surface area contributed by atoms with Crippen molar-refractivity contribution in [3.8, 4) is 0 Å². The van der Waals surface area contributed by atoms with Crippen LogP contribution in [0, 0.1) is 0 Å². The van der Waals surface area contributed by atoms with Crippen LogP contribution >= 0.6 is 0 Å². The van der Waals surface area contributed by atoms with Gasteiger partial charge >= 0.3 is 18.9 Å². The van der Waals surface area contributed by atoms with Gasteiger partial charge in [0.1, 0.15) is 0 Å². The van der Waals surface area contributed by atoms with Crippen molar-refractivity contribution in [3.05, 3.63) is 0 Å². The standard InChI is InChI=1S/BrH.Li.3H2O/h1H;;3*1H2/q;+1;;;/p-1. The average Bonchev–Trinajstić information content (AvgIpc) is 0. The SMILES string of the molecule is O.O.O.[Br-].[Li+]. The summed E-state index contributed by atoms with van der Waals surface area (Å²) < 4.78 is 0. The molecule has 6 N–H and O–H groups in total. The Morgan fingerprint density at radius 3 is 0.600 bits per heavy atom. The van der Waals surface area contributed by atoms with Crippen LogP contribution in [0.1, 0.15) is 0 Å². The van der Waals surface area contributed by atoms with E-state index < -0.39 is 0 Å². The van der Waals surface area contributed by atoms with Crippen LogP contribution in [0.25, 0.3) is 0 Å². The first kappa shape index (κ1) is 160. The van der Waals surface area contributed by atoms with Gasteiger partial charge in [0.25, 0.3) is 0 Å². The van der Waals surface area contributed by atoms with E-state index in [1.165, 1.54) is 0 Å². The normalized spacial score (nSPS) is 0. The summed E-state index contributed by atoms with van der Waals surface area (Å²) in [6, 6.07) is 0. The Morgan fingerprint density at radius 1 is 0.600 bits per heavy atom. The number of halogens is 1. The van der Waals surface area contributed by atoms with Gasteiger partial charge in [-0.15, -0.1) is 0 Å². The molecule has 0 fully saturated rings. The summed E-state index contributed by atoms with van der Waals surface area (Å²) in [5, 5.41) is 0. The van der Waals surface area contributed by atoms with E-state index in [1.807, 2.05) is 0 Å². The van der Waals surface area contributed by atoms with E-state index in [2.05, 4.69) is 0 Å². The monoisotopic (exact) mass is 140 g/mol. The van der Waals surface area contributed by atoms with Gasteiger partial charge < -0.3 is 33.4 Å². The number of hydrogen-bond donors (Lipinski definition) is 0. The molecule has 5 heavy (non-hydrogen) atoms. The zero-order valence-corrected chi connectivity index (χ0v) is 4.46. The Kier molecular flexibility index (Phi) is 2710. The Labute approximate surface area is 52.6 Å². The molecule has 0 aliphatic carbocycles. The average molecular weight is 141 g/mol. The van der Waals surface area contributed by atoms with Crippen LogP contribution in [-0.4, -0.2) is 16.4 Å². The van der Waals surface area contributed by atoms with Crippen LogP contribution in [0.15, 0.2) is 0 Å². The fourth-order valence-corrected chi connectivity index (χ4v) is 0. The van der Waals surface area contributed by atoms with Gasteiger partial charge in [-0.1, -0.05) is 0 Å². The van der Waals surface area contributed by atoms with Crippen LogP contribution < -0.4 is 35.8 Å². The number of hydrogen-bond acceptors (Lipinski definition) is 0. The molecule has 0 saturated heterocycles. The molecule has 0 amide bonds. The predicted octanol–water partition coefficient (Wildman–Crippen LogP) is -8.47. The third kappa shape index (κ3) is 47.3. The van der Waals surface area contributed by atoms with Crippen molar-refractivity contribution in [2.24, 2.45) is 0 Å². The van der Waals surface area contributed by atoms with Crippen molar-refractivity contribution >= 4 is 0 Å². The summed E-state index contributed by atoms with van der Waals surface area (Å²) >= 11 is 0. The molecule has 5 heteroatoms. The topological polar surface area (TPSA) is 94.5 Å². The number of rotatable bonds is 0. The van der Waals surface area contributed by atoms with Crippen molar-refractivity contribution in [2.45, 2.75) is 0 Å². The molecule has 0 spiro atoms. The van der Waals surface area contributed by atoms with Crippen molar-refractivity contribution in [2.75, 3.05) is 0 Å². The second-order valence-electron chi connectivity index (χ2n) is 0. The Balaban J connectivity index is 0. The van der Waals surface area contributed by atoms with E-state index >= 15 is 0 Å². The molecule has 0 atom stereocenters. The summed E-state index contributed by atoms with van der Waals surface area (Å²) in [5.74, 6) is 0. The van der Waals surface area contributed by atoms with Gasteiger partial charge in [0.2, 0.25) is 0 Å².